The van der Waals surface area contributed by atoms with Crippen LogP contribution in [-0.4, -0.2) is 50.2 Å². The van der Waals surface area contributed by atoms with Crippen LogP contribution >= 0.6 is 0 Å². The lowest BCUT2D eigenvalue weighted by Gasteiger charge is -2.34. The van der Waals surface area contributed by atoms with Crippen LogP contribution in [0.4, 0.5) is 0 Å². The molecule has 17 heavy (non-hydrogen) atoms. The molecule has 0 unspecified atom stereocenters. The molecule has 0 aromatic rings. The fourth-order valence-electron chi connectivity index (χ4n) is 2.46. The van der Waals surface area contributed by atoms with Crippen LogP contribution in [0.2, 0.25) is 0 Å². The summed E-state index contributed by atoms with van der Waals surface area (Å²) in [6, 6.07) is 0.703. The van der Waals surface area contributed by atoms with Crippen molar-refractivity contribution in [2.75, 3.05) is 33.3 Å². The Bertz CT molecular complexity index is 215. The van der Waals surface area contributed by atoms with Gasteiger partial charge in [-0.2, -0.15) is 0 Å². The summed E-state index contributed by atoms with van der Waals surface area (Å²) in [6.07, 6.45) is 5.11. The van der Waals surface area contributed by atoms with Gasteiger partial charge in [-0.15, -0.1) is 0 Å². The van der Waals surface area contributed by atoms with Gasteiger partial charge >= 0.3 is 5.97 Å². The highest BCUT2D eigenvalue weighted by molar-refractivity contribution is 5.69. The number of piperidine rings is 1. The van der Waals surface area contributed by atoms with E-state index in [0.717, 1.165) is 32.6 Å². The van der Waals surface area contributed by atoms with E-state index in [0.29, 0.717) is 12.5 Å². The third kappa shape index (κ3) is 5.50. The summed E-state index contributed by atoms with van der Waals surface area (Å²) < 4.78 is 4.67. The molecule has 1 saturated heterocycles. The normalized spacial score (nSPS) is 17.4. The zero-order valence-electron chi connectivity index (χ0n) is 11.2. The average Bonchev–Trinajstić information content (AvgIpc) is 2.38. The summed E-state index contributed by atoms with van der Waals surface area (Å²) in [7, 11) is 1.46. The highest BCUT2D eigenvalue weighted by Gasteiger charge is 2.19. The van der Waals surface area contributed by atoms with Gasteiger partial charge < -0.3 is 15.0 Å². The van der Waals surface area contributed by atoms with E-state index in [1.165, 1.54) is 26.4 Å². The van der Waals surface area contributed by atoms with Gasteiger partial charge in [-0.05, 0) is 51.9 Å². The summed E-state index contributed by atoms with van der Waals surface area (Å²) >= 11 is 0. The maximum Gasteiger partial charge on any atom is 0.305 e. The lowest BCUT2D eigenvalue weighted by atomic mass is 10.0. The Hall–Kier alpha value is -0.610. The fraction of sp³-hybridized carbons (Fsp3) is 0.923. The maximum absolute atomic E-state index is 11.1. The smallest absolute Gasteiger partial charge is 0.305 e. The Morgan fingerprint density at radius 3 is 2.65 bits per heavy atom. The van der Waals surface area contributed by atoms with E-state index in [-0.39, 0.29) is 5.97 Å². The number of esters is 1. The van der Waals surface area contributed by atoms with E-state index in [9.17, 15) is 4.79 Å². The summed E-state index contributed by atoms with van der Waals surface area (Å²) in [5.74, 6) is -0.0910. The first kappa shape index (κ1) is 14.5. The average molecular weight is 242 g/mol. The Labute approximate surface area is 105 Å². The van der Waals surface area contributed by atoms with Crippen molar-refractivity contribution in [2.45, 2.75) is 45.1 Å². The molecule has 0 spiro atoms. The molecule has 1 aliphatic heterocycles. The second-order valence-corrected chi connectivity index (χ2v) is 4.70. The van der Waals surface area contributed by atoms with E-state index in [1.54, 1.807) is 0 Å². The standard InChI is InChI=1S/C13H26N2O2/c1-3-10-15(11-4-5-13(16)17-2)12-6-8-14-9-7-12/h12,14H,3-11H2,1-2H3. The molecule has 0 aliphatic carbocycles. The number of hydrogen-bond donors (Lipinski definition) is 1. The van der Waals surface area contributed by atoms with E-state index in [1.807, 2.05) is 0 Å². The number of ether oxygens (including phenoxy) is 1. The molecule has 4 nitrogen and oxygen atoms in total. The molecule has 0 aromatic heterocycles. The number of rotatable bonds is 7. The second kappa shape index (κ2) is 8.48. The summed E-state index contributed by atoms with van der Waals surface area (Å²) in [5, 5.41) is 3.39. The van der Waals surface area contributed by atoms with Gasteiger partial charge in [-0.1, -0.05) is 6.92 Å². The van der Waals surface area contributed by atoms with Gasteiger partial charge in [-0.25, -0.2) is 0 Å². The van der Waals surface area contributed by atoms with Crippen molar-refractivity contribution in [1.29, 1.82) is 0 Å². The van der Waals surface area contributed by atoms with Gasteiger partial charge in [0.25, 0.3) is 0 Å². The van der Waals surface area contributed by atoms with Gasteiger partial charge in [0.2, 0.25) is 0 Å². The molecule has 4 heteroatoms. The van der Waals surface area contributed by atoms with Crippen molar-refractivity contribution >= 4 is 5.97 Å². The highest BCUT2D eigenvalue weighted by atomic mass is 16.5. The Kier molecular flexibility index (Phi) is 7.21. The molecule has 0 radical (unpaired) electrons. The number of carbonyl (C=O) groups excluding carboxylic acids is 1. The van der Waals surface area contributed by atoms with Crippen LogP contribution in [0.15, 0.2) is 0 Å². The summed E-state index contributed by atoms with van der Waals surface area (Å²) in [6.45, 7) is 6.64. The second-order valence-electron chi connectivity index (χ2n) is 4.70. The predicted molar refractivity (Wildman–Crippen MR) is 69.0 cm³/mol. The largest absolute Gasteiger partial charge is 0.469 e. The maximum atomic E-state index is 11.1. The van der Waals surface area contributed by atoms with Crippen LogP contribution in [0.5, 0.6) is 0 Å². The van der Waals surface area contributed by atoms with E-state index in [2.05, 4.69) is 21.9 Å². The Morgan fingerprint density at radius 2 is 2.06 bits per heavy atom. The monoisotopic (exact) mass is 242 g/mol. The molecule has 0 atom stereocenters. The minimum Gasteiger partial charge on any atom is -0.469 e. The van der Waals surface area contributed by atoms with Crippen molar-refractivity contribution in [3.8, 4) is 0 Å². The van der Waals surface area contributed by atoms with Crippen molar-refractivity contribution < 1.29 is 9.53 Å². The van der Waals surface area contributed by atoms with E-state index in [4.69, 9.17) is 0 Å². The van der Waals surface area contributed by atoms with Gasteiger partial charge in [0.05, 0.1) is 7.11 Å². The Balaban J connectivity index is 2.28. The number of nitrogens with one attached hydrogen (secondary N) is 1. The van der Waals surface area contributed by atoms with Gasteiger partial charge in [-0.3, -0.25) is 4.79 Å². The molecule has 100 valence electrons. The molecular formula is C13H26N2O2. The summed E-state index contributed by atoms with van der Waals surface area (Å²) in [4.78, 5) is 13.6. The first-order valence-electron chi connectivity index (χ1n) is 6.79. The summed E-state index contributed by atoms with van der Waals surface area (Å²) in [5.41, 5.74) is 0. The van der Waals surface area contributed by atoms with Crippen LogP contribution in [0, 0.1) is 0 Å². The van der Waals surface area contributed by atoms with Gasteiger partial charge in [0.15, 0.2) is 0 Å². The molecule has 0 amide bonds. The number of nitrogens with zero attached hydrogens (tertiary/aromatic N) is 1. The molecule has 0 saturated carbocycles. The van der Waals surface area contributed by atoms with Crippen LogP contribution in [0.3, 0.4) is 0 Å². The third-order valence-corrected chi connectivity index (χ3v) is 3.39. The third-order valence-electron chi connectivity index (χ3n) is 3.39. The lowest BCUT2D eigenvalue weighted by Crippen LogP contribution is -2.44. The van der Waals surface area contributed by atoms with Crippen molar-refractivity contribution in [3.63, 3.8) is 0 Å². The first-order chi connectivity index (χ1) is 8.27. The minimum absolute atomic E-state index is 0.0910. The lowest BCUT2D eigenvalue weighted by molar-refractivity contribution is -0.140. The first-order valence-corrected chi connectivity index (χ1v) is 6.79. The quantitative estimate of drug-likeness (QED) is 0.685. The van der Waals surface area contributed by atoms with Crippen LogP contribution < -0.4 is 5.32 Å². The number of hydrogen-bond acceptors (Lipinski definition) is 4. The van der Waals surface area contributed by atoms with Crippen LogP contribution in [0.1, 0.15) is 39.0 Å². The SMILES string of the molecule is CCCN(CCCC(=O)OC)C1CCNCC1. The highest BCUT2D eigenvalue weighted by Crippen LogP contribution is 2.13. The predicted octanol–water partition coefficient (Wildman–Crippen LogP) is 1.40. The van der Waals surface area contributed by atoms with Crippen molar-refractivity contribution in [1.82, 2.24) is 10.2 Å². The molecule has 1 heterocycles. The molecule has 0 bridgehead atoms. The van der Waals surface area contributed by atoms with Gasteiger partial charge in [0, 0.05) is 12.5 Å². The Morgan fingerprint density at radius 1 is 1.35 bits per heavy atom. The van der Waals surface area contributed by atoms with Crippen LogP contribution in [0.25, 0.3) is 0 Å². The minimum atomic E-state index is -0.0910. The van der Waals surface area contributed by atoms with Gasteiger partial charge in [0.1, 0.15) is 0 Å². The molecular weight excluding hydrogens is 216 g/mol. The fourth-order valence-corrected chi connectivity index (χ4v) is 2.46. The van der Waals surface area contributed by atoms with Crippen molar-refractivity contribution in [3.05, 3.63) is 0 Å². The van der Waals surface area contributed by atoms with Crippen molar-refractivity contribution in [2.24, 2.45) is 0 Å². The van der Waals surface area contributed by atoms with E-state index >= 15 is 0 Å². The van der Waals surface area contributed by atoms with Crippen LogP contribution in [-0.2, 0) is 9.53 Å². The zero-order chi connectivity index (χ0) is 12.5. The molecule has 1 fully saturated rings. The molecule has 1 aliphatic rings. The topological polar surface area (TPSA) is 41.6 Å². The molecule has 1 rings (SSSR count). The molecule has 0 aromatic carbocycles. The van der Waals surface area contributed by atoms with E-state index < -0.39 is 0 Å². The number of carbonyl (C=O) groups is 1. The molecule has 1 N–H and O–H groups in total. The number of methoxy groups -OCH3 is 1. The zero-order valence-corrected chi connectivity index (χ0v) is 11.2.